The molecule has 9 atom stereocenters. The normalized spacial score (nSPS) is 48.4. The van der Waals surface area contributed by atoms with Gasteiger partial charge in [-0.15, -0.1) is 0 Å². The molecule has 3 fully saturated rings. The van der Waals surface area contributed by atoms with Gasteiger partial charge in [0, 0.05) is 0 Å². The Morgan fingerprint density at radius 1 is 1.06 bits per heavy atom. The maximum atomic E-state index is 11.1. The van der Waals surface area contributed by atoms with E-state index in [9.17, 15) is 5.11 Å². The van der Waals surface area contributed by atoms with Gasteiger partial charge in [-0.1, -0.05) is 67.0 Å². The van der Waals surface area contributed by atoms with E-state index in [1.54, 1.807) is 5.57 Å². The Morgan fingerprint density at radius 2 is 1.77 bits per heavy atom. The lowest BCUT2D eigenvalue weighted by Crippen LogP contribution is -2.54. The second-order valence-electron chi connectivity index (χ2n) is 14.3. The van der Waals surface area contributed by atoms with E-state index in [0.29, 0.717) is 22.2 Å². The van der Waals surface area contributed by atoms with Crippen molar-refractivity contribution in [1.82, 2.24) is 0 Å². The van der Waals surface area contributed by atoms with Gasteiger partial charge in [-0.3, -0.25) is 0 Å². The predicted octanol–water partition coefficient (Wildman–Crippen LogP) is 8.41. The summed E-state index contributed by atoms with van der Waals surface area (Å²) in [5, 5.41) is 11.1. The molecule has 1 heteroatoms. The van der Waals surface area contributed by atoms with Crippen LogP contribution in [0.1, 0.15) is 120 Å². The summed E-state index contributed by atoms with van der Waals surface area (Å²) in [6.45, 7) is 19.8. The van der Waals surface area contributed by atoms with E-state index in [0.717, 1.165) is 48.9 Å². The standard InChI is InChI=1S/C30H52O/c1-9-30(31)17-16-28(7)22(19-30)18-21(3)26-24-11-10-23(20(2)12-14-27(4,5)6)29(24,8)15-13-25(26)28/h18,20-21,23-26,31H,9-17,19H2,1-8H3/t20-,21?,23-,24+,25+,26+,28+,29-,30+/m1/s1. The third-order valence-corrected chi connectivity index (χ3v) is 11.4. The number of hydrogen-bond acceptors (Lipinski definition) is 1. The molecular weight excluding hydrogens is 376 g/mol. The average Bonchev–Trinajstić information content (AvgIpc) is 3.04. The SMILES string of the molecule is CC[C@]1(O)CC[C@@]2(C)C(=CC(C)[C@H]3[C@@H]4CC[C@H]([C@H](C)CCC(C)(C)C)[C@@]4(C)CC[C@@H]32)C1. The van der Waals surface area contributed by atoms with Crippen LogP contribution in [0.3, 0.4) is 0 Å². The lowest BCUT2D eigenvalue weighted by Gasteiger charge is -2.61. The van der Waals surface area contributed by atoms with Gasteiger partial charge < -0.3 is 5.11 Å². The van der Waals surface area contributed by atoms with E-state index in [1.165, 1.54) is 44.9 Å². The molecule has 0 aromatic carbocycles. The summed E-state index contributed by atoms with van der Waals surface area (Å²) in [6, 6.07) is 0. The fourth-order valence-corrected chi connectivity index (χ4v) is 9.21. The first kappa shape index (κ1) is 23.8. The van der Waals surface area contributed by atoms with Gasteiger partial charge in [-0.05, 0) is 116 Å². The Morgan fingerprint density at radius 3 is 2.42 bits per heavy atom. The van der Waals surface area contributed by atoms with Crippen LogP contribution in [0.15, 0.2) is 11.6 Å². The second kappa shape index (κ2) is 7.89. The lowest BCUT2D eigenvalue weighted by molar-refractivity contribution is -0.0881. The Bertz CT molecular complexity index is 700. The molecule has 0 bridgehead atoms. The molecule has 1 nitrogen and oxygen atoms in total. The maximum absolute atomic E-state index is 11.1. The molecule has 4 rings (SSSR count). The number of allylic oxidation sites excluding steroid dienone is 1. The molecule has 31 heavy (non-hydrogen) atoms. The predicted molar refractivity (Wildman–Crippen MR) is 133 cm³/mol. The molecule has 1 N–H and O–H groups in total. The summed E-state index contributed by atoms with van der Waals surface area (Å²) < 4.78 is 0. The maximum Gasteiger partial charge on any atom is 0.0682 e. The first-order valence-electron chi connectivity index (χ1n) is 13.8. The Labute approximate surface area is 193 Å². The quantitative estimate of drug-likeness (QED) is 0.445. The molecule has 0 aromatic rings. The van der Waals surface area contributed by atoms with Crippen LogP contribution in [0.25, 0.3) is 0 Å². The molecule has 0 aliphatic heterocycles. The molecule has 0 spiro atoms. The van der Waals surface area contributed by atoms with Crippen molar-refractivity contribution in [2.45, 2.75) is 125 Å². The number of rotatable bonds is 4. The van der Waals surface area contributed by atoms with Crippen molar-refractivity contribution in [2.75, 3.05) is 0 Å². The number of hydrogen-bond donors (Lipinski definition) is 1. The second-order valence-corrected chi connectivity index (χ2v) is 14.3. The molecule has 0 aromatic heterocycles. The first-order valence-corrected chi connectivity index (χ1v) is 13.8. The van der Waals surface area contributed by atoms with Gasteiger partial charge in [0.1, 0.15) is 0 Å². The van der Waals surface area contributed by atoms with Gasteiger partial charge >= 0.3 is 0 Å². The minimum absolute atomic E-state index is 0.343. The molecule has 3 saturated carbocycles. The van der Waals surface area contributed by atoms with Gasteiger partial charge in [0.05, 0.1) is 5.60 Å². The fraction of sp³-hybridized carbons (Fsp3) is 0.933. The fourth-order valence-electron chi connectivity index (χ4n) is 9.21. The summed E-state index contributed by atoms with van der Waals surface area (Å²) in [5.74, 6) is 5.07. The molecule has 4 aliphatic rings. The largest absolute Gasteiger partial charge is 0.390 e. The van der Waals surface area contributed by atoms with Gasteiger partial charge in [-0.2, -0.15) is 0 Å². The zero-order valence-electron chi connectivity index (χ0n) is 22.1. The number of fused-ring (bicyclic) bond motifs is 5. The summed E-state index contributed by atoms with van der Waals surface area (Å²) in [5.41, 5.74) is 2.53. The van der Waals surface area contributed by atoms with Gasteiger partial charge in [0.2, 0.25) is 0 Å². The Hall–Kier alpha value is -0.300. The summed E-state index contributed by atoms with van der Waals surface area (Å²) in [7, 11) is 0. The van der Waals surface area contributed by atoms with Crippen LogP contribution in [0, 0.1) is 51.8 Å². The average molecular weight is 429 g/mol. The van der Waals surface area contributed by atoms with Gasteiger partial charge in [0.15, 0.2) is 0 Å². The molecule has 0 heterocycles. The first-order chi connectivity index (χ1) is 14.3. The minimum Gasteiger partial charge on any atom is -0.390 e. The zero-order valence-corrected chi connectivity index (χ0v) is 22.1. The highest BCUT2D eigenvalue weighted by Gasteiger charge is 2.61. The summed E-state index contributed by atoms with van der Waals surface area (Å²) in [4.78, 5) is 0. The Balaban J connectivity index is 1.57. The summed E-state index contributed by atoms with van der Waals surface area (Å²) in [6.07, 6.45) is 15.2. The van der Waals surface area contributed by atoms with Crippen LogP contribution in [0.5, 0.6) is 0 Å². The molecule has 0 radical (unpaired) electrons. The lowest BCUT2D eigenvalue weighted by atomic mass is 9.44. The van der Waals surface area contributed by atoms with Crippen molar-refractivity contribution in [1.29, 1.82) is 0 Å². The van der Waals surface area contributed by atoms with E-state index in [2.05, 4.69) is 61.5 Å². The van der Waals surface area contributed by atoms with Crippen LogP contribution in [0.4, 0.5) is 0 Å². The van der Waals surface area contributed by atoms with E-state index < -0.39 is 5.60 Å². The highest BCUT2D eigenvalue weighted by molar-refractivity contribution is 5.28. The minimum atomic E-state index is -0.442. The third kappa shape index (κ3) is 3.98. The van der Waals surface area contributed by atoms with Crippen molar-refractivity contribution in [3.8, 4) is 0 Å². The van der Waals surface area contributed by atoms with Crippen molar-refractivity contribution < 1.29 is 5.11 Å². The van der Waals surface area contributed by atoms with E-state index >= 15 is 0 Å². The van der Waals surface area contributed by atoms with Crippen LogP contribution in [-0.2, 0) is 0 Å². The summed E-state index contributed by atoms with van der Waals surface area (Å²) >= 11 is 0. The van der Waals surface area contributed by atoms with Crippen LogP contribution < -0.4 is 0 Å². The van der Waals surface area contributed by atoms with Gasteiger partial charge in [0.25, 0.3) is 0 Å². The molecule has 1 unspecified atom stereocenters. The molecule has 0 saturated heterocycles. The van der Waals surface area contributed by atoms with E-state index in [-0.39, 0.29) is 0 Å². The van der Waals surface area contributed by atoms with Crippen LogP contribution in [-0.4, -0.2) is 10.7 Å². The van der Waals surface area contributed by atoms with Crippen molar-refractivity contribution in [3.05, 3.63) is 11.6 Å². The van der Waals surface area contributed by atoms with Crippen LogP contribution >= 0.6 is 0 Å². The topological polar surface area (TPSA) is 20.2 Å². The Kier molecular flexibility index (Phi) is 6.07. The molecular formula is C30H52O. The number of aliphatic hydroxyl groups is 1. The monoisotopic (exact) mass is 428 g/mol. The smallest absolute Gasteiger partial charge is 0.0682 e. The molecule has 0 amide bonds. The molecule has 4 aliphatic carbocycles. The van der Waals surface area contributed by atoms with Crippen LogP contribution in [0.2, 0.25) is 0 Å². The van der Waals surface area contributed by atoms with Gasteiger partial charge in [-0.25, -0.2) is 0 Å². The highest BCUT2D eigenvalue weighted by atomic mass is 16.3. The van der Waals surface area contributed by atoms with E-state index in [4.69, 9.17) is 0 Å². The van der Waals surface area contributed by atoms with Crippen molar-refractivity contribution in [3.63, 3.8) is 0 Å². The third-order valence-electron chi connectivity index (χ3n) is 11.4. The van der Waals surface area contributed by atoms with Crippen molar-refractivity contribution >= 4 is 0 Å². The highest BCUT2D eigenvalue weighted by Crippen LogP contribution is 2.68. The van der Waals surface area contributed by atoms with E-state index in [1.807, 2.05) is 0 Å². The molecule has 178 valence electrons. The van der Waals surface area contributed by atoms with Crippen molar-refractivity contribution in [2.24, 2.45) is 51.8 Å². The zero-order chi connectivity index (χ0) is 22.8.